The molecule has 130 valence electrons. The minimum absolute atomic E-state index is 0.110. The van der Waals surface area contributed by atoms with Crippen molar-refractivity contribution in [2.45, 2.75) is 6.42 Å². The predicted molar refractivity (Wildman–Crippen MR) is 97.1 cm³/mol. The summed E-state index contributed by atoms with van der Waals surface area (Å²) < 4.78 is 2.03. The van der Waals surface area contributed by atoms with E-state index < -0.39 is 0 Å². The minimum Gasteiger partial charge on any atom is -0.350 e. The molecule has 5 heteroatoms. The van der Waals surface area contributed by atoms with Gasteiger partial charge in [-0.25, -0.2) is 0 Å². The second kappa shape index (κ2) is 4.72. The van der Waals surface area contributed by atoms with E-state index in [1.165, 1.54) is 6.42 Å². The number of hydrogen-bond acceptors (Lipinski definition) is 3. The minimum atomic E-state index is -0.189. The normalized spacial score (nSPS) is 37.0. The molecule has 1 saturated heterocycles. The van der Waals surface area contributed by atoms with E-state index in [-0.39, 0.29) is 35.5 Å². The van der Waals surface area contributed by atoms with Crippen LogP contribution in [-0.4, -0.2) is 27.6 Å². The molecule has 0 unspecified atom stereocenters. The molecule has 7 rings (SSSR count). The number of amides is 2. The quantitative estimate of drug-likeness (QED) is 0.477. The van der Waals surface area contributed by atoms with E-state index in [2.05, 4.69) is 17.3 Å². The maximum Gasteiger partial charge on any atom is 0.254 e. The smallest absolute Gasteiger partial charge is 0.254 e. The molecule has 4 aliphatic carbocycles. The third kappa shape index (κ3) is 1.68. The summed E-state index contributed by atoms with van der Waals surface area (Å²) in [5, 5.41) is 6.56. The van der Waals surface area contributed by atoms with Crippen molar-refractivity contribution in [3.05, 3.63) is 48.2 Å². The van der Waals surface area contributed by atoms with Crippen LogP contribution in [0.1, 0.15) is 12.0 Å². The zero-order chi connectivity index (χ0) is 17.6. The van der Waals surface area contributed by atoms with Gasteiger partial charge in [0.1, 0.15) is 0 Å². The lowest BCUT2D eigenvalue weighted by molar-refractivity contribution is -0.140. The number of carbonyl (C=O) groups excluding carboxylic acids is 2. The van der Waals surface area contributed by atoms with Crippen LogP contribution in [-0.2, 0) is 16.6 Å². The maximum absolute atomic E-state index is 12.9. The summed E-state index contributed by atoms with van der Waals surface area (Å²) in [5.41, 5.74) is 2.02. The van der Waals surface area contributed by atoms with Gasteiger partial charge in [-0.05, 0) is 36.2 Å². The van der Waals surface area contributed by atoms with Gasteiger partial charge in [0.25, 0.3) is 11.8 Å². The van der Waals surface area contributed by atoms with Crippen molar-refractivity contribution >= 4 is 28.9 Å². The molecule has 1 aromatic carbocycles. The van der Waals surface area contributed by atoms with Crippen LogP contribution in [0, 0.1) is 35.5 Å². The molecule has 2 saturated carbocycles. The number of benzene rings is 1. The fraction of sp³-hybridized carbons (Fsp3) is 0.381. The van der Waals surface area contributed by atoms with Crippen LogP contribution in [0.3, 0.4) is 0 Å². The molecular formula is C21H19N3O2. The van der Waals surface area contributed by atoms with Gasteiger partial charge < -0.3 is 4.57 Å². The number of aromatic nitrogens is 1. The highest BCUT2D eigenvalue weighted by atomic mass is 16.2. The lowest BCUT2D eigenvalue weighted by Crippen LogP contribution is -2.40. The summed E-state index contributed by atoms with van der Waals surface area (Å²) in [6.45, 7) is 0. The molecule has 2 bridgehead atoms. The topological polar surface area (TPSA) is 54.7 Å². The Morgan fingerprint density at radius 1 is 1.04 bits per heavy atom. The average Bonchev–Trinajstić information content (AvgIpc) is 3.37. The molecule has 2 aromatic rings. The van der Waals surface area contributed by atoms with Gasteiger partial charge in [-0.3, -0.25) is 9.59 Å². The van der Waals surface area contributed by atoms with Crippen molar-refractivity contribution in [2.24, 2.45) is 47.7 Å². The summed E-state index contributed by atoms with van der Waals surface area (Å²) in [7, 11) is 1.98. The fourth-order valence-electron chi connectivity index (χ4n) is 5.65. The number of carbonyl (C=O) groups is 2. The van der Waals surface area contributed by atoms with E-state index in [0.717, 1.165) is 21.5 Å². The van der Waals surface area contributed by atoms with Crippen molar-refractivity contribution in [1.82, 2.24) is 9.58 Å². The summed E-state index contributed by atoms with van der Waals surface area (Å²) in [6.07, 6.45) is 9.18. The van der Waals surface area contributed by atoms with Gasteiger partial charge in [0, 0.05) is 29.7 Å². The molecule has 0 radical (unpaired) electrons. The number of nitrogens with zero attached hydrogens (tertiary/aromatic N) is 3. The van der Waals surface area contributed by atoms with E-state index in [0.29, 0.717) is 11.8 Å². The molecule has 5 nitrogen and oxygen atoms in total. The number of para-hydroxylation sites is 1. The molecule has 6 atom stereocenters. The van der Waals surface area contributed by atoms with Crippen LogP contribution in [0.5, 0.6) is 0 Å². The van der Waals surface area contributed by atoms with Crippen LogP contribution in [0.25, 0.3) is 10.9 Å². The Balaban J connectivity index is 1.36. The Kier molecular flexibility index (Phi) is 2.63. The van der Waals surface area contributed by atoms with E-state index in [9.17, 15) is 9.59 Å². The molecule has 3 fully saturated rings. The highest BCUT2D eigenvalue weighted by Gasteiger charge is 2.67. The third-order valence-electron chi connectivity index (χ3n) is 6.88. The zero-order valence-electron chi connectivity index (χ0n) is 14.4. The molecule has 2 heterocycles. The summed E-state index contributed by atoms with van der Waals surface area (Å²) >= 11 is 0. The second-order valence-corrected chi connectivity index (χ2v) is 8.10. The second-order valence-electron chi connectivity index (χ2n) is 8.10. The van der Waals surface area contributed by atoms with Gasteiger partial charge in [-0.2, -0.15) is 10.1 Å². The molecule has 1 aromatic heterocycles. The summed E-state index contributed by atoms with van der Waals surface area (Å²) in [4.78, 5) is 25.9. The Hall–Kier alpha value is -2.69. The number of allylic oxidation sites excluding steroid dienone is 2. The Bertz CT molecular complexity index is 997. The number of hydrazone groups is 1. The lowest BCUT2D eigenvalue weighted by Gasteiger charge is -2.37. The number of aryl methyl sites for hydroxylation is 1. The largest absolute Gasteiger partial charge is 0.350 e. The first-order chi connectivity index (χ1) is 12.6. The van der Waals surface area contributed by atoms with Gasteiger partial charge in [0.15, 0.2) is 0 Å². The van der Waals surface area contributed by atoms with Gasteiger partial charge in [0.2, 0.25) is 0 Å². The average molecular weight is 345 g/mol. The first kappa shape index (κ1) is 14.5. The third-order valence-corrected chi connectivity index (χ3v) is 6.88. The Morgan fingerprint density at radius 3 is 2.38 bits per heavy atom. The summed E-state index contributed by atoms with van der Waals surface area (Å²) in [6, 6.07) is 8.05. The van der Waals surface area contributed by atoms with Crippen LogP contribution in [0.2, 0.25) is 0 Å². The molecular weight excluding hydrogens is 326 g/mol. The van der Waals surface area contributed by atoms with Gasteiger partial charge >= 0.3 is 0 Å². The number of rotatable bonds is 2. The van der Waals surface area contributed by atoms with Gasteiger partial charge in [-0.15, -0.1) is 0 Å². The maximum atomic E-state index is 12.9. The highest BCUT2D eigenvalue weighted by molar-refractivity contribution is 6.07. The molecule has 0 N–H and O–H groups in total. The van der Waals surface area contributed by atoms with Crippen LogP contribution in [0.4, 0.5) is 0 Å². The van der Waals surface area contributed by atoms with Crippen LogP contribution < -0.4 is 0 Å². The van der Waals surface area contributed by atoms with Crippen LogP contribution >= 0.6 is 0 Å². The zero-order valence-corrected chi connectivity index (χ0v) is 14.4. The first-order valence-corrected chi connectivity index (χ1v) is 9.29. The van der Waals surface area contributed by atoms with Crippen molar-refractivity contribution in [1.29, 1.82) is 0 Å². The highest BCUT2D eigenvalue weighted by Crippen LogP contribution is 2.65. The van der Waals surface area contributed by atoms with Gasteiger partial charge in [-0.1, -0.05) is 30.4 Å². The predicted octanol–water partition coefficient (Wildman–Crippen LogP) is 2.57. The Morgan fingerprint density at radius 2 is 1.69 bits per heavy atom. The SMILES string of the molecule is Cn1cc(/C=N\N2C(=O)[C@@H]3[C@@H]4C=C[C@H]([C@H]5C[C@H]45)[C@@H]3C2=O)c2ccccc21. The molecule has 1 aliphatic heterocycles. The monoisotopic (exact) mass is 345 g/mol. The number of hydrogen-bond donors (Lipinski definition) is 0. The lowest BCUT2D eigenvalue weighted by atomic mass is 9.63. The van der Waals surface area contributed by atoms with Crippen molar-refractivity contribution in [3.8, 4) is 0 Å². The molecule has 26 heavy (non-hydrogen) atoms. The number of fused-ring (bicyclic) bond motifs is 1. The van der Waals surface area contributed by atoms with E-state index in [1.807, 2.05) is 42.1 Å². The fourth-order valence-corrected chi connectivity index (χ4v) is 5.65. The van der Waals surface area contributed by atoms with Gasteiger partial charge in [0.05, 0.1) is 18.1 Å². The molecule has 2 amide bonds. The standard InChI is InChI=1S/C21H19N3O2/c1-23-10-11(12-4-2-3-5-17(12)23)9-22-24-20(25)18-13-6-7-14(16-8-15(13)16)19(18)21(24)26/h2-7,9-10,13-16,18-19H,8H2,1H3/b22-9-/t13-,14-,15-,16-,18-,19+/m1/s1. The summed E-state index contributed by atoms with van der Waals surface area (Å²) in [5.74, 6) is 1.11. The van der Waals surface area contributed by atoms with E-state index in [1.54, 1.807) is 6.21 Å². The van der Waals surface area contributed by atoms with Crippen molar-refractivity contribution < 1.29 is 9.59 Å². The van der Waals surface area contributed by atoms with E-state index >= 15 is 0 Å². The first-order valence-electron chi connectivity index (χ1n) is 9.29. The molecule has 0 spiro atoms. The Labute approximate surface area is 151 Å². The van der Waals surface area contributed by atoms with Crippen molar-refractivity contribution in [2.75, 3.05) is 0 Å². The van der Waals surface area contributed by atoms with Crippen LogP contribution in [0.15, 0.2) is 47.7 Å². The van der Waals surface area contributed by atoms with E-state index in [4.69, 9.17) is 0 Å². The molecule has 5 aliphatic rings. The van der Waals surface area contributed by atoms with Crippen molar-refractivity contribution in [3.63, 3.8) is 0 Å². The number of imide groups is 1.